The predicted molar refractivity (Wildman–Crippen MR) is 123 cm³/mol. The molecule has 0 bridgehead atoms. The molecule has 0 atom stereocenters. The molecule has 3 rings (SSSR count). The molecule has 5 N–H and O–H groups in total. The second-order valence-electron chi connectivity index (χ2n) is 8.10. The number of likely N-dealkylation sites (tertiary alicyclic amines) is 1. The van der Waals surface area contributed by atoms with E-state index in [1.165, 1.54) is 6.07 Å². The van der Waals surface area contributed by atoms with Crippen LogP contribution in [-0.4, -0.2) is 71.0 Å². The van der Waals surface area contributed by atoms with Crippen molar-refractivity contribution in [2.75, 3.05) is 39.0 Å². The number of hydrogen-bond donors (Lipinski definition) is 4. The van der Waals surface area contributed by atoms with E-state index >= 15 is 0 Å². The number of carbonyl (C=O) groups excluding carboxylic acids is 1. The Morgan fingerprint density at radius 2 is 1.94 bits per heavy atom. The highest BCUT2D eigenvalue weighted by atomic mass is 35.5. The van der Waals surface area contributed by atoms with Crippen molar-refractivity contribution >= 4 is 29.3 Å². The Morgan fingerprint density at radius 3 is 2.56 bits per heavy atom. The molecule has 32 heavy (non-hydrogen) atoms. The quantitative estimate of drug-likeness (QED) is 0.469. The van der Waals surface area contributed by atoms with Gasteiger partial charge in [-0.2, -0.15) is 0 Å². The van der Waals surface area contributed by atoms with Gasteiger partial charge in [-0.05, 0) is 43.7 Å². The minimum absolute atomic E-state index is 0.0000389. The van der Waals surface area contributed by atoms with Gasteiger partial charge in [0.25, 0.3) is 11.5 Å². The van der Waals surface area contributed by atoms with E-state index in [0.29, 0.717) is 0 Å². The van der Waals surface area contributed by atoms with Crippen molar-refractivity contribution in [3.05, 3.63) is 62.4 Å². The Bertz CT molecular complexity index is 1020. The molecule has 1 fully saturated rings. The van der Waals surface area contributed by atoms with Crippen molar-refractivity contribution in [2.24, 2.45) is 0 Å². The maximum Gasteiger partial charge on any atom is 0.335 e. The molecule has 1 amide bonds. The van der Waals surface area contributed by atoms with E-state index in [2.05, 4.69) is 20.1 Å². The second kappa shape index (κ2) is 10.6. The van der Waals surface area contributed by atoms with E-state index in [1.807, 2.05) is 19.2 Å². The Morgan fingerprint density at radius 1 is 1.28 bits per heavy atom. The zero-order chi connectivity index (χ0) is 23.3. The summed E-state index contributed by atoms with van der Waals surface area (Å²) in [6, 6.07) is 8.22. The number of piperidine rings is 1. The van der Waals surface area contributed by atoms with Crippen molar-refractivity contribution in [3.8, 4) is 0 Å². The van der Waals surface area contributed by atoms with Crippen molar-refractivity contribution < 1.29 is 14.7 Å². The van der Waals surface area contributed by atoms with Crippen molar-refractivity contribution in [1.82, 2.24) is 20.1 Å². The van der Waals surface area contributed by atoms with Crippen molar-refractivity contribution in [2.45, 2.75) is 25.4 Å². The van der Waals surface area contributed by atoms with Crippen molar-refractivity contribution in [1.29, 1.82) is 0 Å². The Kier molecular flexibility index (Phi) is 7.89. The minimum Gasteiger partial charge on any atom is -0.478 e. The van der Waals surface area contributed by atoms with Gasteiger partial charge >= 0.3 is 5.97 Å². The fraction of sp³-hybridized carbons (Fsp3) is 0.409. The van der Waals surface area contributed by atoms with Gasteiger partial charge in [-0.15, -0.1) is 0 Å². The molecule has 1 aromatic heterocycles. The number of nitrogens with one attached hydrogen (secondary N) is 2. The molecule has 0 radical (unpaired) electrons. The van der Waals surface area contributed by atoms with Gasteiger partial charge in [0.15, 0.2) is 0 Å². The molecular formula is C22H28ClN5O4. The number of pyridine rings is 1. The van der Waals surface area contributed by atoms with Crippen LogP contribution >= 0.6 is 11.6 Å². The fourth-order valence-electron chi connectivity index (χ4n) is 3.71. The molecule has 0 aliphatic carbocycles. The second-order valence-corrected chi connectivity index (χ2v) is 8.51. The summed E-state index contributed by atoms with van der Waals surface area (Å²) in [5.74, 6) is -1.32. The van der Waals surface area contributed by atoms with Crippen LogP contribution in [0.1, 0.15) is 39.1 Å². The normalized spacial score (nSPS) is 15.1. The number of carboxylic acid groups (broad SMARTS) is 1. The van der Waals surface area contributed by atoms with Gasteiger partial charge in [-0.1, -0.05) is 23.7 Å². The topological polar surface area (TPSA) is 132 Å². The number of H-pyrrole nitrogens is 1. The van der Waals surface area contributed by atoms with Crippen LogP contribution in [-0.2, 0) is 6.54 Å². The number of amides is 1. The number of carboxylic acids is 1. The summed E-state index contributed by atoms with van der Waals surface area (Å²) in [6.45, 7) is 4.22. The lowest BCUT2D eigenvalue weighted by molar-refractivity contribution is 0.0696. The number of benzene rings is 1. The monoisotopic (exact) mass is 461 g/mol. The van der Waals surface area contributed by atoms with E-state index in [0.717, 1.165) is 51.1 Å². The molecule has 172 valence electrons. The van der Waals surface area contributed by atoms with Crippen LogP contribution in [0.25, 0.3) is 0 Å². The molecule has 0 spiro atoms. The molecule has 10 heteroatoms. The van der Waals surface area contributed by atoms with Crippen LogP contribution < -0.4 is 16.6 Å². The lowest BCUT2D eigenvalue weighted by atomic mass is 10.0. The molecule has 2 aromatic rings. The number of aromatic nitrogens is 1. The van der Waals surface area contributed by atoms with Gasteiger partial charge in [0.1, 0.15) is 11.4 Å². The van der Waals surface area contributed by atoms with Gasteiger partial charge in [-0.25, -0.2) is 4.79 Å². The third-order valence-corrected chi connectivity index (χ3v) is 5.95. The lowest BCUT2D eigenvalue weighted by Gasteiger charge is -2.33. The summed E-state index contributed by atoms with van der Waals surface area (Å²) in [5.41, 5.74) is 6.31. The maximum atomic E-state index is 12.4. The summed E-state index contributed by atoms with van der Waals surface area (Å²) < 4.78 is 0. The molecule has 1 saturated heterocycles. The number of halogens is 1. The number of aromatic amines is 1. The number of likely N-dealkylation sites (N-methyl/N-ethyl adjacent to an activating group) is 1. The highest BCUT2D eigenvalue weighted by Crippen LogP contribution is 2.15. The first kappa shape index (κ1) is 23.8. The molecule has 2 heterocycles. The summed E-state index contributed by atoms with van der Waals surface area (Å²) in [6.07, 6.45) is 1.60. The molecule has 0 saturated carbocycles. The minimum atomic E-state index is -0.923. The van der Waals surface area contributed by atoms with Crippen LogP contribution in [0.3, 0.4) is 0 Å². The number of aromatic carboxylic acids is 1. The van der Waals surface area contributed by atoms with Crippen LogP contribution in [0.2, 0.25) is 5.02 Å². The Hall–Kier alpha value is -2.88. The first-order chi connectivity index (χ1) is 15.2. The highest BCUT2D eigenvalue weighted by Gasteiger charge is 2.22. The number of hydrogen-bond acceptors (Lipinski definition) is 6. The van der Waals surface area contributed by atoms with E-state index < -0.39 is 17.4 Å². The third-order valence-electron chi connectivity index (χ3n) is 5.64. The molecule has 9 nitrogen and oxygen atoms in total. The molecule has 0 unspecified atom stereocenters. The summed E-state index contributed by atoms with van der Waals surface area (Å²) in [7, 11) is 2.04. The molecule has 1 aromatic carbocycles. The fourth-order valence-corrected chi connectivity index (χ4v) is 3.86. The van der Waals surface area contributed by atoms with Gasteiger partial charge < -0.3 is 30.9 Å². The average molecular weight is 462 g/mol. The average Bonchev–Trinajstić information content (AvgIpc) is 2.76. The van der Waals surface area contributed by atoms with E-state index in [-0.39, 0.29) is 28.0 Å². The van der Waals surface area contributed by atoms with Crippen LogP contribution in [0.15, 0.2) is 35.1 Å². The zero-order valence-electron chi connectivity index (χ0n) is 17.9. The zero-order valence-corrected chi connectivity index (χ0v) is 18.7. The van der Waals surface area contributed by atoms with E-state index in [4.69, 9.17) is 22.4 Å². The van der Waals surface area contributed by atoms with Crippen LogP contribution in [0, 0.1) is 0 Å². The number of anilines is 1. The van der Waals surface area contributed by atoms with Crippen LogP contribution in [0.4, 0.5) is 5.82 Å². The number of nitrogen functional groups attached to an aromatic ring is 1. The number of rotatable bonds is 8. The summed E-state index contributed by atoms with van der Waals surface area (Å²) in [4.78, 5) is 42.3. The molecule has 1 aliphatic heterocycles. The van der Waals surface area contributed by atoms with Gasteiger partial charge in [0.05, 0.1) is 10.6 Å². The largest absolute Gasteiger partial charge is 0.478 e. The smallest absolute Gasteiger partial charge is 0.335 e. The summed E-state index contributed by atoms with van der Waals surface area (Å²) in [5, 5.41) is 12.0. The third kappa shape index (κ3) is 6.32. The number of nitrogens with zero attached hydrogens (tertiary/aromatic N) is 2. The van der Waals surface area contributed by atoms with E-state index in [9.17, 15) is 14.4 Å². The number of carbonyl (C=O) groups is 2. The van der Waals surface area contributed by atoms with Gasteiger partial charge in [0, 0.05) is 38.8 Å². The molecular weight excluding hydrogens is 434 g/mol. The van der Waals surface area contributed by atoms with E-state index in [1.54, 1.807) is 12.1 Å². The maximum absolute atomic E-state index is 12.4. The lowest BCUT2D eigenvalue weighted by Crippen LogP contribution is -2.46. The highest BCUT2D eigenvalue weighted by molar-refractivity contribution is 6.33. The van der Waals surface area contributed by atoms with Crippen LogP contribution in [0.5, 0.6) is 0 Å². The predicted octanol–water partition coefficient (Wildman–Crippen LogP) is 1.63. The summed E-state index contributed by atoms with van der Waals surface area (Å²) >= 11 is 5.91. The van der Waals surface area contributed by atoms with Gasteiger partial charge in [-0.3, -0.25) is 9.59 Å². The Balaban J connectivity index is 1.41. The number of nitrogens with two attached hydrogens (primary N) is 1. The standard InChI is InChI=1S/C22H28ClN5O4/c1-27(13-14-2-4-15(5-3-14)22(31)32)10-11-28-8-6-16(7-9-28)25-20(29)17-12-18(23)19(24)26-21(17)30/h2-5,12,16H,6-11,13H2,1H3,(H,25,29)(H,31,32)(H3,24,26,30). The first-order valence-electron chi connectivity index (χ1n) is 10.4. The SMILES string of the molecule is CN(CCN1CCC(NC(=O)c2cc(Cl)c(N)[nH]c2=O)CC1)Cc1ccc(C(=O)O)cc1. The van der Waals surface area contributed by atoms with Gasteiger partial charge in [0.2, 0.25) is 0 Å². The Labute approximate surface area is 191 Å². The first-order valence-corrected chi connectivity index (χ1v) is 10.8. The van der Waals surface area contributed by atoms with Crippen molar-refractivity contribution in [3.63, 3.8) is 0 Å². The molecule has 1 aliphatic rings.